The zero-order chi connectivity index (χ0) is 16.9. The van der Waals surface area contributed by atoms with Crippen molar-refractivity contribution in [1.82, 2.24) is 15.5 Å². The summed E-state index contributed by atoms with van der Waals surface area (Å²) in [4.78, 5) is 22.9. The molecule has 122 valence electrons. The molecular weight excluding hydrogens is 296 g/mol. The summed E-state index contributed by atoms with van der Waals surface area (Å²) in [7, 11) is 1.48. The van der Waals surface area contributed by atoms with Crippen LogP contribution in [0.25, 0.3) is 0 Å². The molecule has 2 amide bonds. The van der Waals surface area contributed by atoms with Crippen LogP contribution in [-0.2, 0) is 4.79 Å². The van der Waals surface area contributed by atoms with Gasteiger partial charge in [-0.05, 0) is 19.8 Å². The normalized spacial score (nSPS) is 14.2. The Kier molecular flexibility index (Phi) is 5.13. The second kappa shape index (κ2) is 7.06. The van der Waals surface area contributed by atoms with Gasteiger partial charge >= 0.3 is 0 Å². The van der Waals surface area contributed by atoms with Crippen molar-refractivity contribution in [2.45, 2.75) is 25.4 Å². The van der Waals surface area contributed by atoms with E-state index >= 15 is 0 Å². The number of rotatable bonds is 3. The van der Waals surface area contributed by atoms with E-state index in [-0.39, 0.29) is 17.3 Å². The molecule has 1 aromatic carbocycles. The SMILES string of the molecule is CNC(=O)c1[nH]ncc1NC(=O)C1(O)CC1.Cc1ccccc1. The first kappa shape index (κ1) is 16.7. The van der Waals surface area contributed by atoms with Crippen molar-refractivity contribution in [1.29, 1.82) is 0 Å². The number of aryl methyl sites for hydroxylation is 1. The van der Waals surface area contributed by atoms with Crippen LogP contribution in [0.4, 0.5) is 5.69 Å². The standard InChI is InChI=1S/C9H12N4O3.C7H8/c1-10-7(14)6-5(4-11-13-6)12-8(15)9(16)2-3-9;1-7-5-3-2-4-6-7/h4,16H,2-3H2,1H3,(H,10,14)(H,11,13)(H,12,15);2-6H,1H3. The van der Waals surface area contributed by atoms with E-state index in [1.807, 2.05) is 18.2 Å². The number of aromatic nitrogens is 2. The monoisotopic (exact) mass is 316 g/mol. The molecule has 7 nitrogen and oxygen atoms in total. The Bertz CT molecular complexity index is 678. The lowest BCUT2D eigenvalue weighted by molar-refractivity contribution is -0.125. The van der Waals surface area contributed by atoms with E-state index in [0.29, 0.717) is 12.8 Å². The van der Waals surface area contributed by atoms with E-state index < -0.39 is 11.5 Å². The maximum absolute atomic E-state index is 11.5. The summed E-state index contributed by atoms with van der Waals surface area (Å²) in [6.45, 7) is 2.08. The number of hydrogen-bond donors (Lipinski definition) is 4. The summed E-state index contributed by atoms with van der Waals surface area (Å²) in [5.41, 5.74) is 0.490. The summed E-state index contributed by atoms with van der Waals surface area (Å²) >= 11 is 0. The Morgan fingerprint density at radius 3 is 2.39 bits per heavy atom. The van der Waals surface area contributed by atoms with Crippen molar-refractivity contribution >= 4 is 17.5 Å². The summed E-state index contributed by atoms with van der Waals surface area (Å²) in [6, 6.07) is 10.3. The molecule has 7 heteroatoms. The lowest BCUT2D eigenvalue weighted by Crippen LogP contribution is -2.30. The third kappa shape index (κ3) is 4.40. The molecule has 1 aromatic heterocycles. The second-order valence-electron chi connectivity index (χ2n) is 5.38. The summed E-state index contributed by atoms with van der Waals surface area (Å²) in [6.07, 6.45) is 2.23. The summed E-state index contributed by atoms with van der Waals surface area (Å²) < 4.78 is 0. The van der Waals surface area contributed by atoms with Gasteiger partial charge in [0.25, 0.3) is 11.8 Å². The van der Waals surface area contributed by atoms with Crippen LogP contribution in [0, 0.1) is 6.92 Å². The molecule has 1 fully saturated rings. The van der Waals surface area contributed by atoms with Gasteiger partial charge in [0, 0.05) is 7.05 Å². The fraction of sp³-hybridized carbons (Fsp3) is 0.312. The molecular formula is C16H20N4O3. The molecule has 0 aliphatic heterocycles. The first-order chi connectivity index (χ1) is 11.0. The van der Waals surface area contributed by atoms with Gasteiger partial charge in [0.05, 0.1) is 11.9 Å². The smallest absolute Gasteiger partial charge is 0.271 e. The van der Waals surface area contributed by atoms with Crippen LogP contribution in [0.1, 0.15) is 28.9 Å². The molecule has 0 radical (unpaired) electrons. The molecule has 2 aromatic rings. The van der Waals surface area contributed by atoms with Crippen LogP contribution < -0.4 is 10.6 Å². The molecule has 0 saturated heterocycles. The van der Waals surface area contributed by atoms with Crippen molar-refractivity contribution in [2.75, 3.05) is 12.4 Å². The molecule has 1 aliphatic carbocycles. The minimum Gasteiger partial charge on any atom is -0.380 e. The maximum Gasteiger partial charge on any atom is 0.271 e. The van der Waals surface area contributed by atoms with Crippen LogP contribution in [0.5, 0.6) is 0 Å². The lowest BCUT2D eigenvalue weighted by Gasteiger charge is -2.08. The van der Waals surface area contributed by atoms with E-state index in [0.717, 1.165) is 0 Å². The predicted molar refractivity (Wildman–Crippen MR) is 86.0 cm³/mol. The number of carbonyl (C=O) groups excluding carboxylic acids is 2. The highest BCUT2D eigenvalue weighted by molar-refractivity contribution is 6.05. The Labute approximate surface area is 134 Å². The van der Waals surface area contributed by atoms with Crippen LogP contribution in [0.15, 0.2) is 36.5 Å². The van der Waals surface area contributed by atoms with E-state index in [2.05, 4.69) is 39.9 Å². The fourth-order valence-corrected chi connectivity index (χ4v) is 1.80. The number of hydrogen-bond acceptors (Lipinski definition) is 4. The molecule has 1 saturated carbocycles. The highest BCUT2D eigenvalue weighted by Crippen LogP contribution is 2.36. The van der Waals surface area contributed by atoms with E-state index in [9.17, 15) is 14.7 Å². The maximum atomic E-state index is 11.5. The zero-order valence-corrected chi connectivity index (χ0v) is 13.1. The molecule has 3 rings (SSSR count). The first-order valence-corrected chi connectivity index (χ1v) is 7.27. The molecule has 0 unspecified atom stereocenters. The summed E-state index contributed by atoms with van der Waals surface area (Å²) in [5.74, 6) is -0.880. The van der Waals surface area contributed by atoms with Crippen molar-refractivity contribution in [3.8, 4) is 0 Å². The zero-order valence-electron chi connectivity index (χ0n) is 13.1. The second-order valence-corrected chi connectivity index (χ2v) is 5.38. The number of nitrogens with zero attached hydrogens (tertiary/aromatic N) is 1. The molecule has 23 heavy (non-hydrogen) atoms. The van der Waals surface area contributed by atoms with Crippen molar-refractivity contribution in [2.24, 2.45) is 0 Å². The van der Waals surface area contributed by atoms with Gasteiger partial charge in [-0.3, -0.25) is 14.7 Å². The van der Waals surface area contributed by atoms with Crippen LogP contribution in [0.3, 0.4) is 0 Å². The fourth-order valence-electron chi connectivity index (χ4n) is 1.80. The molecule has 1 heterocycles. The number of nitrogens with one attached hydrogen (secondary N) is 3. The molecule has 1 aliphatic rings. The van der Waals surface area contributed by atoms with Gasteiger partial charge in [-0.15, -0.1) is 0 Å². The van der Waals surface area contributed by atoms with E-state index in [4.69, 9.17) is 0 Å². The number of aromatic amines is 1. The van der Waals surface area contributed by atoms with Gasteiger partial charge in [-0.25, -0.2) is 0 Å². The number of amides is 2. The Morgan fingerprint density at radius 2 is 1.91 bits per heavy atom. The van der Waals surface area contributed by atoms with Crippen molar-refractivity contribution < 1.29 is 14.7 Å². The van der Waals surface area contributed by atoms with Gasteiger partial charge in [0.2, 0.25) is 0 Å². The first-order valence-electron chi connectivity index (χ1n) is 7.27. The predicted octanol–water partition coefficient (Wildman–Crippen LogP) is 1.23. The average molecular weight is 316 g/mol. The Balaban J connectivity index is 0.000000229. The van der Waals surface area contributed by atoms with Gasteiger partial charge in [-0.2, -0.15) is 5.10 Å². The van der Waals surface area contributed by atoms with Gasteiger partial charge < -0.3 is 15.7 Å². The topological polar surface area (TPSA) is 107 Å². The Morgan fingerprint density at radius 1 is 1.26 bits per heavy atom. The molecule has 0 bridgehead atoms. The lowest BCUT2D eigenvalue weighted by atomic mass is 10.2. The number of aliphatic hydroxyl groups is 1. The third-order valence-corrected chi connectivity index (χ3v) is 3.43. The van der Waals surface area contributed by atoms with Crippen LogP contribution >= 0.6 is 0 Å². The molecule has 0 spiro atoms. The highest BCUT2D eigenvalue weighted by atomic mass is 16.3. The number of anilines is 1. The number of benzene rings is 1. The minimum atomic E-state index is -1.27. The molecule has 4 N–H and O–H groups in total. The van der Waals surface area contributed by atoms with Crippen LogP contribution in [0.2, 0.25) is 0 Å². The largest absolute Gasteiger partial charge is 0.380 e. The average Bonchev–Trinajstić information content (AvgIpc) is 3.14. The van der Waals surface area contributed by atoms with E-state index in [1.165, 1.54) is 18.8 Å². The van der Waals surface area contributed by atoms with Gasteiger partial charge in [0.15, 0.2) is 0 Å². The van der Waals surface area contributed by atoms with Gasteiger partial charge in [-0.1, -0.05) is 35.9 Å². The van der Waals surface area contributed by atoms with Crippen molar-refractivity contribution in [3.05, 3.63) is 47.8 Å². The third-order valence-electron chi connectivity index (χ3n) is 3.43. The quantitative estimate of drug-likeness (QED) is 0.683. The summed E-state index contributed by atoms with van der Waals surface area (Å²) in [5, 5.41) is 20.6. The highest BCUT2D eigenvalue weighted by Gasteiger charge is 2.48. The number of carbonyl (C=O) groups is 2. The van der Waals surface area contributed by atoms with Gasteiger partial charge in [0.1, 0.15) is 11.3 Å². The van der Waals surface area contributed by atoms with E-state index in [1.54, 1.807) is 0 Å². The molecule has 0 atom stereocenters. The number of H-pyrrole nitrogens is 1. The minimum absolute atomic E-state index is 0.167. The van der Waals surface area contributed by atoms with Crippen LogP contribution in [-0.4, -0.2) is 39.8 Å². The Hall–Kier alpha value is -2.67. The van der Waals surface area contributed by atoms with Crippen molar-refractivity contribution in [3.63, 3.8) is 0 Å².